The van der Waals surface area contributed by atoms with E-state index in [1.54, 1.807) is 7.11 Å². The highest BCUT2D eigenvalue weighted by atomic mass is 32.1. The summed E-state index contributed by atoms with van der Waals surface area (Å²) in [5.74, 6) is 4.04. The SMILES string of the molecule is COCCNC(=S)Nc1nc(N2CCC(C)CC2)cc(N2CCC[C@H](C)C2)n1. The van der Waals surface area contributed by atoms with Crippen LogP contribution in [0.15, 0.2) is 6.07 Å². The smallest absolute Gasteiger partial charge is 0.232 e. The van der Waals surface area contributed by atoms with E-state index in [0.717, 1.165) is 43.7 Å². The van der Waals surface area contributed by atoms with Gasteiger partial charge in [-0.05, 0) is 49.7 Å². The third-order valence-electron chi connectivity index (χ3n) is 5.60. The second-order valence-electron chi connectivity index (χ2n) is 8.14. The Bertz CT molecular complexity index is 650. The van der Waals surface area contributed by atoms with Gasteiger partial charge in [-0.3, -0.25) is 0 Å². The summed E-state index contributed by atoms with van der Waals surface area (Å²) in [6.45, 7) is 10.1. The van der Waals surface area contributed by atoms with E-state index < -0.39 is 0 Å². The normalized spacial score (nSPS) is 20.9. The van der Waals surface area contributed by atoms with Crippen LogP contribution in [-0.4, -0.2) is 61.5 Å². The number of rotatable bonds is 6. The molecule has 8 heteroatoms. The number of ether oxygens (including phenoxy) is 1. The van der Waals surface area contributed by atoms with Gasteiger partial charge in [-0.2, -0.15) is 9.97 Å². The van der Waals surface area contributed by atoms with Gasteiger partial charge in [0, 0.05) is 45.9 Å². The first-order chi connectivity index (χ1) is 13.5. The molecule has 3 rings (SSSR count). The highest BCUT2D eigenvalue weighted by Crippen LogP contribution is 2.28. The number of methoxy groups -OCH3 is 1. The molecule has 1 atom stereocenters. The predicted octanol–water partition coefficient (Wildman–Crippen LogP) is 2.88. The summed E-state index contributed by atoms with van der Waals surface area (Å²) in [6.07, 6.45) is 4.91. The Labute approximate surface area is 174 Å². The molecule has 0 bridgehead atoms. The minimum atomic E-state index is 0.527. The van der Waals surface area contributed by atoms with Crippen molar-refractivity contribution in [2.24, 2.45) is 11.8 Å². The van der Waals surface area contributed by atoms with E-state index in [-0.39, 0.29) is 0 Å². The van der Waals surface area contributed by atoms with E-state index in [1.807, 2.05) is 0 Å². The monoisotopic (exact) mass is 406 g/mol. The topological polar surface area (TPSA) is 65.6 Å². The van der Waals surface area contributed by atoms with Gasteiger partial charge in [-0.1, -0.05) is 13.8 Å². The number of nitrogens with one attached hydrogen (secondary N) is 2. The maximum absolute atomic E-state index is 5.40. The van der Waals surface area contributed by atoms with E-state index in [1.165, 1.54) is 25.7 Å². The molecule has 0 aliphatic carbocycles. The van der Waals surface area contributed by atoms with Crippen LogP contribution in [0.3, 0.4) is 0 Å². The van der Waals surface area contributed by atoms with Gasteiger partial charge in [0.05, 0.1) is 6.61 Å². The van der Waals surface area contributed by atoms with Crippen LogP contribution in [0.2, 0.25) is 0 Å². The Morgan fingerprint density at radius 2 is 1.82 bits per heavy atom. The fourth-order valence-electron chi connectivity index (χ4n) is 3.85. The zero-order chi connectivity index (χ0) is 19.9. The molecular formula is C20H34N6OS. The minimum Gasteiger partial charge on any atom is -0.383 e. The van der Waals surface area contributed by atoms with Crippen LogP contribution in [0.1, 0.15) is 39.5 Å². The highest BCUT2D eigenvalue weighted by molar-refractivity contribution is 7.80. The van der Waals surface area contributed by atoms with Crippen LogP contribution < -0.4 is 20.4 Å². The van der Waals surface area contributed by atoms with E-state index >= 15 is 0 Å². The van der Waals surface area contributed by atoms with Crippen LogP contribution >= 0.6 is 12.2 Å². The maximum Gasteiger partial charge on any atom is 0.232 e. The van der Waals surface area contributed by atoms with Gasteiger partial charge in [-0.25, -0.2) is 0 Å². The molecule has 1 aromatic heterocycles. The second-order valence-corrected chi connectivity index (χ2v) is 8.55. The van der Waals surface area contributed by atoms with Gasteiger partial charge >= 0.3 is 0 Å². The van der Waals surface area contributed by atoms with E-state index in [2.05, 4.69) is 40.3 Å². The van der Waals surface area contributed by atoms with Crippen molar-refractivity contribution in [1.29, 1.82) is 0 Å². The maximum atomic E-state index is 5.40. The van der Waals surface area contributed by atoms with Gasteiger partial charge in [0.1, 0.15) is 11.6 Å². The molecule has 3 heterocycles. The largest absolute Gasteiger partial charge is 0.383 e. The Morgan fingerprint density at radius 3 is 2.50 bits per heavy atom. The Balaban J connectivity index is 1.78. The van der Waals surface area contributed by atoms with Crippen molar-refractivity contribution < 1.29 is 4.74 Å². The molecule has 0 saturated carbocycles. The first-order valence-electron chi connectivity index (χ1n) is 10.5. The van der Waals surface area contributed by atoms with Crippen molar-refractivity contribution in [1.82, 2.24) is 15.3 Å². The van der Waals surface area contributed by atoms with Crippen LogP contribution in [0, 0.1) is 11.8 Å². The van der Waals surface area contributed by atoms with E-state index in [4.69, 9.17) is 26.9 Å². The molecule has 0 spiro atoms. The molecule has 2 saturated heterocycles. The second kappa shape index (κ2) is 10.2. The van der Waals surface area contributed by atoms with Gasteiger partial charge < -0.3 is 25.2 Å². The fourth-order valence-corrected chi connectivity index (χ4v) is 4.04. The first kappa shape index (κ1) is 21.0. The third-order valence-corrected chi connectivity index (χ3v) is 5.85. The highest BCUT2D eigenvalue weighted by Gasteiger charge is 2.22. The summed E-state index contributed by atoms with van der Waals surface area (Å²) in [5.41, 5.74) is 0. The quantitative estimate of drug-likeness (QED) is 0.552. The number of piperidine rings is 2. The standard InChI is InChI=1S/C20H34N6OS/c1-15-6-10-25(11-7-15)17-13-18(26-9-4-5-16(2)14-26)23-19(22-17)24-20(28)21-8-12-27-3/h13,15-16H,4-12,14H2,1-3H3,(H2,21,22,23,24,28)/t16-/m0/s1. The van der Waals surface area contributed by atoms with Crippen molar-refractivity contribution >= 4 is 34.9 Å². The number of hydrogen-bond donors (Lipinski definition) is 2. The molecule has 156 valence electrons. The van der Waals surface area contributed by atoms with Crippen molar-refractivity contribution in [3.63, 3.8) is 0 Å². The van der Waals surface area contributed by atoms with Crippen molar-refractivity contribution in [3.8, 4) is 0 Å². The summed E-state index contributed by atoms with van der Waals surface area (Å²) in [6, 6.07) is 2.15. The molecule has 2 fully saturated rings. The molecular weight excluding hydrogens is 372 g/mol. The predicted molar refractivity (Wildman–Crippen MR) is 119 cm³/mol. The third kappa shape index (κ3) is 5.91. The lowest BCUT2D eigenvalue weighted by Gasteiger charge is -2.34. The zero-order valence-corrected chi connectivity index (χ0v) is 18.2. The number of aromatic nitrogens is 2. The summed E-state index contributed by atoms with van der Waals surface area (Å²) in [4.78, 5) is 14.3. The molecule has 2 N–H and O–H groups in total. The summed E-state index contributed by atoms with van der Waals surface area (Å²) < 4.78 is 5.06. The molecule has 0 amide bonds. The lowest BCUT2D eigenvalue weighted by molar-refractivity contribution is 0.204. The van der Waals surface area contributed by atoms with Gasteiger partial charge in [-0.15, -0.1) is 0 Å². The Morgan fingerprint density at radius 1 is 1.11 bits per heavy atom. The summed E-state index contributed by atoms with van der Waals surface area (Å²) in [5, 5.41) is 6.83. The molecule has 0 unspecified atom stereocenters. The summed E-state index contributed by atoms with van der Waals surface area (Å²) >= 11 is 5.40. The zero-order valence-electron chi connectivity index (χ0n) is 17.4. The van der Waals surface area contributed by atoms with E-state index in [0.29, 0.717) is 30.1 Å². The van der Waals surface area contributed by atoms with Gasteiger partial charge in [0.2, 0.25) is 5.95 Å². The molecule has 0 aromatic carbocycles. The summed E-state index contributed by atoms with van der Waals surface area (Å²) in [7, 11) is 1.68. The van der Waals surface area contributed by atoms with Crippen LogP contribution in [0.4, 0.5) is 17.6 Å². The molecule has 0 radical (unpaired) electrons. The molecule has 2 aliphatic rings. The Hall–Kier alpha value is -1.67. The molecule has 7 nitrogen and oxygen atoms in total. The molecule has 2 aliphatic heterocycles. The lowest BCUT2D eigenvalue weighted by atomic mass is 9.99. The van der Waals surface area contributed by atoms with Crippen molar-refractivity contribution in [2.75, 3.05) is 61.6 Å². The number of hydrogen-bond acceptors (Lipinski definition) is 6. The lowest BCUT2D eigenvalue weighted by Crippen LogP contribution is -2.37. The number of thiocarbonyl (C=S) groups is 1. The average molecular weight is 407 g/mol. The fraction of sp³-hybridized carbons (Fsp3) is 0.750. The number of nitrogens with zero attached hydrogens (tertiary/aromatic N) is 4. The minimum absolute atomic E-state index is 0.527. The van der Waals surface area contributed by atoms with Crippen LogP contribution in [-0.2, 0) is 4.74 Å². The van der Waals surface area contributed by atoms with Crippen molar-refractivity contribution in [3.05, 3.63) is 6.07 Å². The number of anilines is 3. The average Bonchev–Trinajstić information content (AvgIpc) is 2.68. The van der Waals surface area contributed by atoms with Crippen LogP contribution in [0.5, 0.6) is 0 Å². The van der Waals surface area contributed by atoms with E-state index in [9.17, 15) is 0 Å². The molecule has 28 heavy (non-hydrogen) atoms. The van der Waals surface area contributed by atoms with Gasteiger partial charge in [0.15, 0.2) is 5.11 Å². The van der Waals surface area contributed by atoms with Crippen molar-refractivity contribution in [2.45, 2.75) is 39.5 Å². The first-order valence-corrected chi connectivity index (χ1v) is 10.9. The molecule has 1 aromatic rings. The van der Waals surface area contributed by atoms with Gasteiger partial charge in [0.25, 0.3) is 0 Å². The Kier molecular flexibility index (Phi) is 7.67. The van der Waals surface area contributed by atoms with Crippen LogP contribution in [0.25, 0.3) is 0 Å².